The molecule has 0 spiro atoms. The number of aryl methyl sites for hydroxylation is 1. The zero-order valence-corrected chi connectivity index (χ0v) is 22.4. The molecule has 3 aromatic rings. The van der Waals surface area contributed by atoms with E-state index in [0.717, 1.165) is 64.4 Å². The van der Waals surface area contributed by atoms with Gasteiger partial charge in [-0.15, -0.1) is 0 Å². The van der Waals surface area contributed by atoms with E-state index < -0.39 is 0 Å². The number of methoxy groups -OCH3 is 1. The van der Waals surface area contributed by atoms with Crippen molar-refractivity contribution in [2.24, 2.45) is 0 Å². The number of carbonyl (C=O) groups excluding carboxylic acids is 2. The highest BCUT2D eigenvalue weighted by Gasteiger charge is 2.32. The number of hydrogen-bond donors (Lipinski definition) is 1. The zero-order valence-electron chi connectivity index (χ0n) is 22.4. The number of rotatable bonds is 4. The number of pyridine rings is 1. The molecular weight excluding hydrogens is 494 g/mol. The third-order valence-corrected chi connectivity index (χ3v) is 8.16. The highest BCUT2D eigenvalue weighted by molar-refractivity contribution is 6.07. The summed E-state index contributed by atoms with van der Waals surface area (Å²) in [5.74, 6) is 0.626. The second kappa shape index (κ2) is 10.1. The molecule has 0 bridgehead atoms. The van der Waals surface area contributed by atoms with Crippen LogP contribution in [-0.4, -0.2) is 56.2 Å². The van der Waals surface area contributed by atoms with Crippen LogP contribution < -0.4 is 24.6 Å². The van der Waals surface area contributed by atoms with Gasteiger partial charge >= 0.3 is 6.03 Å². The number of hydrogen-bond acceptors (Lipinski definition) is 5. The molecule has 39 heavy (non-hydrogen) atoms. The number of aromatic nitrogens is 1. The predicted octanol–water partition coefficient (Wildman–Crippen LogP) is 3.90. The normalized spacial score (nSPS) is 17.4. The molecule has 2 aromatic carbocycles. The van der Waals surface area contributed by atoms with E-state index in [-0.39, 0.29) is 18.0 Å². The Morgan fingerprint density at radius 1 is 1.00 bits per heavy atom. The lowest BCUT2D eigenvalue weighted by Crippen LogP contribution is -2.49. The van der Waals surface area contributed by atoms with E-state index in [1.807, 2.05) is 48.2 Å². The van der Waals surface area contributed by atoms with E-state index >= 15 is 0 Å². The fourth-order valence-corrected chi connectivity index (χ4v) is 6.07. The summed E-state index contributed by atoms with van der Waals surface area (Å²) in [6.07, 6.45) is 6.02. The lowest BCUT2D eigenvalue weighted by atomic mass is 10.0. The molecule has 9 heteroatoms. The van der Waals surface area contributed by atoms with Gasteiger partial charge in [-0.05, 0) is 74.1 Å². The first-order valence-corrected chi connectivity index (χ1v) is 13.5. The van der Waals surface area contributed by atoms with Crippen LogP contribution >= 0.6 is 0 Å². The van der Waals surface area contributed by atoms with E-state index in [9.17, 15) is 14.8 Å². The number of carbonyl (C=O) groups is 2. The summed E-state index contributed by atoms with van der Waals surface area (Å²) in [5.41, 5.74) is 6.28. The number of fused-ring (bicyclic) bond motifs is 2. The molecule has 3 aliphatic heterocycles. The molecule has 1 fully saturated rings. The zero-order chi connectivity index (χ0) is 27.1. The maximum atomic E-state index is 13.4. The molecule has 6 rings (SSSR count). The monoisotopic (exact) mass is 527 g/mol. The first-order valence-electron chi connectivity index (χ1n) is 13.5. The van der Waals surface area contributed by atoms with Crippen LogP contribution in [0.2, 0.25) is 0 Å². The van der Waals surface area contributed by atoms with E-state index in [0.29, 0.717) is 31.7 Å². The van der Waals surface area contributed by atoms with Crippen molar-refractivity contribution in [3.8, 4) is 5.75 Å². The van der Waals surface area contributed by atoms with Crippen LogP contribution in [-0.2, 0) is 12.8 Å². The average Bonchev–Trinajstić information content (AvgIpc) is 3.28. The highest BCUT2D eigenvalue weighted by Crippen LogP contribution is 2.32. The molecule has 3 aliphatic rings. The maximum Gasteiger partial charge on any atom is 0.322 e. The smallest absolute Gasteiger partial charge is 0.322 e. The third kappa shape index (κ3) is 4.84. The number of urea groups is 1. The maximum absolute atomic E-state index is 13.4. The van der Waals surface area contributed by atoms with Crippen molar-refractivity contribution < 1.29 is 19.1 Å². The standard InChI is InChI=1S/C30H33N5O4/c1-20-3-6-28-22(15-20)8-14-35(28)29(36)23-16-25(19-33(38)18-23)32-11-9-24(10-12-32)34-13-7-21-17-26(39-2)4-5-27(21)31-30(34)37/h3-6,15-19,24H,7-14H2,1-2H3,(H,31,37). The number of benzene rings is 2. The van der Waals surface area contributed by atoms with Gasteiger partial charge in [0.15, 0.2) is 6.20 Å². The molecule has 9 nitrogen and oxygen atoms in total. The minimum absolute atomic E-state index is 0.0801. The first-order chi connectivity index (χ1) is 18.9. The van der Waals surface area contributed by atoms with Gasteiger partial charge < -0.3 is 30.0 Å². The average molecular weight is 528 g/mol. The summed E-state index contributed by atoms with van der Waals surface area (Å²) in [6, 6.07) is 13.7. The van der Waals surface area contributed by atoms with E-state index in [4.69, 9.17) is 4.74 Å². The van der Waals surface area contributed by atoms with Gasteiger partial charge in [-0.1, -0.05) is 17.7 Å². The van der Waals surface area contributed by atoms with E-state index in [2.05, 4.69) is 16.3 Å². The number of piperidine rings is 1. The van der Waals surface area contributed by atoms with Gasteiger partial charge in [-0.25, -0.2) is 4.79 Å². The van der Waals surface area contributed by atoms with Crippen molar-refractivity contribution in [2.45, 2.75) is 38.6 Å². The van der Waals surface area contributed by atoms with Crippen LogP contribution in [0.15, 0.2) is 54.9 Å². The Morgan fingerprint density at radius 3 is 2.59 bits per heavy atom. The molecule has 1 saturated heterocycles. The second-order valence-electron chi connectivity index (χ2n) is 10.6. The molecule has 0 radical (unpaired) electrons. The Bertz CT molecular complexity index is 1430. The Kier molecular flexibility index (Phi) is 6.50. The number of nitrogens with zero attached hydrogens (tertiary/aromatic N) is 4. The summed E-state index contributed by atoms with van der Waals surface area (Å²) >= 11 is 0. The number of amides is 3. The largest absolute Gasteiger partial charge is 0.619 e. The van der Waals surface area contributed by atoms with Crippen molar-refractivity contribution in [1.29, 1.82) is 0 Å². The van der Waals surface area contributed by atoms with Gasteiger partial charge in [-0.3, -0.25) is 4.79 Å². The molecular formula is C30H33N5O4. The van der Waals surface area contributed by atoms with Gasteiger partial charge in [0.2, 0.25) is 6.20 Å². The number of anilines is 3. The Balaban J connectivity index is 1.13. The predicted molar refractivity (Wildman–Crippen MR) is 150 cm³/mol. The van der Waals surface area contributed by atoms with Crippen molar-refractivity contribution in [2.75, 3.05) is 48.4 Å². The van der Waals surface area contributed by atoms with Crippen molar-refractivity contribution >= 4 is 29.0 Å². The van der Waals surface area contributed by atoms with Gasteiger partial charge in [0, 0.05) is 43.6 Å². The molecule has 4 heterocycles. The molecule has 0 atom stereocenters. The van der Waals surface area contributed by atoms with Gasteiger partial charge in [0.25, 0.3) is 5.91 Å². The molecule has 1 N–H and O–H groups in total. The number of ether oxygens (including phenoxy) is 1. The minimum atomic E-state index is -0.156. The quantitative estimate of drug-likeness (QED) is 0.411. The van der Waals surface area contributed by atoms with Gasteiger partial charge in [0.05, 0.1) is 7.11 Å². The molecule has 3 amide bonds. The van der Waals surface area contributed by atoms with Gasteiger partial charge in [0.1, 0.15) is 17.0 Å². The molecule has 0 unspecified atom stereocenters. The van der Waals surface area contributed by atoms with Crippen LogP contribution in [0, 0.1) is 12.1 Å². The Morgan fingerprint density at radius 2 is 1.79 bits per heavy atom. The fourth-order valence-electron chi connectivity index (χ4n) is 6.07. The lowest BCUT2D eigenvalue weighted by Gasteiger charge is -2.38. The molecule has 1 aromatic heterocycles. The van der Waals surface area contributed by atoms with E-state index in [1.165, 1.54) is 18.0 Å². The van der Waals surface area contributed by atoms with E-state index in [1.54, 1.807) is 12.0 Å². The summed E-state index contributed by atoms with van der Waals surface area (Å²) in [6.45, 7) is 4.68. The van der Waals surface area contributed by atoms with Crippen LogP contribution in [0.1, 0.15) is 39.9 Å². The Labute approximate surface area is 228 Å². The number of nitrogens with one attached hydrogen (secondary N) is 1. The van der Waals surface area contributed by atoms with Gasteiger partial charge in [-0.2, -0.15) is 4.73 Å². The van der Waals surface area contributed by atoms with Crippen LogP contribution in [0.3, 0.4) is 0 Å². The lowest BCUT2D eigenvalue weighted by molar-refractivity contribution is -0.604. The second-order valence-corrected chi connectivity index (χ2v) is 10.6. The fraction of sp³-hybridized carbons (Fsp3) is 0.367. The van der Waals surface area contributed by atoms with Crippen molar-refractivity contribution in [3.05, 3.63) is 82.3 Å². The van der Waals surface area contributed by atoms with Crippen molar-refractivity contribution in [1.82, 2.24) is 4.90 Å². The molecule has 202 valence electrons. The van der Waals surface area contributed by atoms with Crippen LogP contribution in [0.4, 0.5) is 21.9 Å². The summed E-state index contributed by atoms with van der Waals surface area (Å²) in [5, 5.41) is 15.6. The molecule has 0 aliphatic carbocycles. The summed E-state index contributed by atoms with van der Waals surface area (Å²) in [4.78, 5) is 32.3. The summed E-state index contributed by atoms with van der Waals surface area (Å²) < 4.78 is 6.08. The minimum Gasteiger partial charge on any atom is -0.619 e. The summed E-state index contributed by atoms with van der Waals surface area (Å²) in [7, 11) is 1.64. The topological polar surface area (TPSA) is 92.1 Å². The first kappa shape index (κ1) is 25.0. The molecule has 0 saturated carbocycles. The third-order valence-electron chi connectivity index (χ3n) is 8.16. The highest BCUT2D eigenvalue weighted by atomic mass is 16.5. The van der Waals surface area contributed by atoms with Crippen LogP contribution in [0.25, 0.3) is 0 Å². The van der Waals surface area contributed by atoms with Crippen LogP contribution in [0.5, 0.6) is 5.75 Å². The Hall–Kier alpha value is -4.27. The van der Waals surface area contributed by atoms with Crippen molar-refractivity contribution in [3.63, 3.8) is 0 Å². The SMILES string of the molecule is COc1ccc2c(c1)CCN(C1CCN(c3cc(C(=O)N4CCc5cc(C)ccc54)c[n+]([O-])c3)CC1)C(=O)N2.